The first-order valence-electron chi connectivity index (χ1n) is 8.52. The summed E-state index contributed by atoms with van der Waals surface area (Å²) < 4.78 is 10.5. The molecule has 2 aromatic rings. The Morgan fingerprint density at radius 1 is 1.04 bits per heavy atom. The van der Waals surface area contributed by atoms with Crippen LogP contribution >= 0.6 is 0 Å². The number of carbonyl (C=O) groups excluding carboxylic acids is 2. The molecule has 0 aromatic heterocycles. The number of methoxy groups -OCH3 is 2. The summed E-state index contributed by atoms with van der Waals surface area (Å²) in [5.74, 6) is 0.689. The summed E-state index contributed by atoms with van der Waals surface area (Å²) >= 11 is 0. The number of anilines is 2. The maximum absolute atomic E-state index is 12.6. The summed E-state index contributed by atoms with van der Waals surface area (Å²) in [6.07, 6.45) is 0. The van der Waals surface area contributed by atoms with Gasteiger partial charge in [0.15, 0.2) is 0 Å². The number of amides is 2. The summed E-state index contributed by atoms with van der Waals surface area (Å²) in [4.78, 5) is 26.4. The Labute approximate surface area is 159 Å². The van der Waals surface area contributed by atoms with Crippen LogP contribution in [0.5, 0.6) is 11.5 Å². The Balaban J connectivity index is 1.97. The SMILES string of the molecule is COc1ccc(OC)c(NC(=O)C(C)N(C)CC(=O)Nc2ccccc2)c1. The van der Waals surface area contributed by atoms with Crippen molar-refractivity contribution in [1.29, 1.82) is 0 Å². The molecule has 0 fully saturated rings. The second-order valence-electron chi connectivity index (χ2n) is 6.06. The first-order valence-corrected chi connectivity index (χ1v) is 8.52. The van der Waals surface area contributed by atoms with Crippen LogP contribution in [0.2, 0.25) is 0 Å². The monoisotopic (exact) mass is 371 g/mol. The summed E-state index contributed by atoms with van der Waals surface area (Å²) in [6, 6.07) is 13.8. The summed E-state index contributed by atoms with van der Waals surface area (Å²) in [5, 5.41) is 5.62. The van der Waals surface area contributed by atoms with Gasteiger partial charge in [-0.3, -0.25) is 14.5 Å². The first-order chi connectivity index (χ1) is 12.9. The second-order valence-corrected chi connectivity index (χ2v) is 6.06. The van der Waals surface area contributed by atoms with E-state index >= 15 is 0 Å². The highest BCUT2D eigenvalue weighted by atomic mass is 16.5. The number of hydrogen-bond donors (Lipinski definition) is 2. The third kappa shape index (κ3) is 5.72. The van der Waals surface area contributed by atoms with E-state index in [4.69, 9.17) is 9.47 Å². The van der Waals surface area contributed by atoms with E-state index in [-0.39, 0.29) is 18.4 Å². The number of likely N-dealkylation sites (N-methyl/N-ethyl adjacent to an activating group) is 1. The van der Waals surface area contributed by atoms with Crippen molar-refractivity contribution in [2.45, 2.75) is 13.0 Å². The van der Waals surface area contributed by atoms with Crippen LogP contribution in [-0.4, -0.2) is 50.6 Å². The molecule has 1 atom stereocenters. The lowest BCUT2D eigenvalue weighted by Gasteiger charge is -2.23. The van der Waals surface area contributed by atoms with Crippen LogP contribution in [0.4, 0.5) is 11.4 Å². The van der Waals surface area contributed by atoms with Crippen molar-refractivity contribution in [3.8, 4) is 11.5 Å². The Bertz CT molecular complexity index is 780. The average molecular weight is 371 g/mol. The molecule has 0 saturated heterocycles. The predicted molar refractivity (Wildman–Crippen MR) is 105 cm³/mol. The van der Waals surface area contributed by atoms with Crippen molar-refractivity contribution in [1.82, 2.24) is 4.90 Å². The molecule has 2 amide bonds. The molecule has 0 radical (unpaired) electrons. The van der Waals surface area contributed by atoms with Crippen LogP contribution in [0.3, 0.4) is 0 Å². The van der Waals surface area contributed by atoms with Crippen molar-refractivity contribution in [3.63, 3.8) is 0 Å². The molecule has 2 rings (SSSR count). The van der Waals surface area contributed by atoms with Crippen LogP contribution < -0.4 is 20.1 Å². The Kier molecular flexibility index (Phi) is 7.19. The van der Waals surface area contributed by atoms with Gasteiger partial charge in [0.1, 0.15) is 11.5 Å². The van der Waals surface area contributed by atoms with Gasteiger partial charge in [0.2, 0.25) is 11.8 Å². The van der Waals surface area contributed by atoms with Crippen LogP contribution in [0.1, 0.15) is 6.92 Å². The molecule has 0 spiro atoms. The molecule has 2 aromatic carbocycles. The fraction of sp³-hybridized carbons (Fsp3) is 0.300. The highest BCUT2D eigenvalue weighted by Gasteiger charge is 2.21. The van der Waals surface area contributed by atoms with Crippen molar-refractivity contribution >= 4 is 23.2 Å². The van der Waals surface area contributed by atoms with Gasteiger partial charge in [-0.25, -0.2) is 0 Å². The minimum absolute atomic E-state index is 0.0821. The number of nitrogens with zero attached hydrogens (tertiary/aromatic N) is 1. The van der Waals surface area contributed by atoms with Crippen molar-refractivity contribution in [2.75, 3.05) is 38.4 Å². The Morgan fingerprint density at radius 2 is 1.74 bits per heavy atom. The fourth-order valence-electron chi connectivity index (χ4n) is 2.43. The third-order valence-electron chi connectivity index (χ3n) is 4.16. The van der Waals surface area contributed by atoms with Gasteiger partial charge in [0, 0.05) is 11.8 Å². The molecule has 27 heavy (non-hydrogen) atoms. The van der Waals surface area contributed by atoms with E-state index in [0.29, 0.717) is 22.9 Å². The Morgan fingerprint density at radius 3 is 2.37 bits per heavy atom. The van der Waals surface area contributed by atoms with Gasteiger partial charge in [0.25, 0.3) is 0 Å². The number of ether oxygens (including phenoxy) is 2. The second kappa shape index (κ2) is 9.59. The number of rotatable bonds is 8. The predicted octanol–water partition coefficient (Wildman–Crippen LogP) is 2.60. The van der Waals surface area contributed by atoms with Gasteiger partial charge in [-0.05, 0) is 38.2 Å². The van der Waals surface area contributed by atoms with Crippen LogP contribution in [0.15, 0.2) is 48.5 Å². The highest BCUT2D eigenvalue weighted by molar-refractivity contribution is 5.97. The number of benzene rings is 2. The zero-order chi connectivity index (χ0) is 19.8. The number of nitrogens with one attached hydrogen (secondary N) is 2. The largest absolute Gasteiger partial charge is 0.497 e. The summed E-state index contributed by atoms with van der Waals surface area (Å²) in [5.41, 5.74) is 1.23. The van der Waals surface area contributed by atoms with Gasteiger partial charge >= 0.3 is 0 Å². The summed E-state index contributed by atoms with van der Waals surface area (Å²) in [6.45, 7) is 1.82. The van der Waals surface area contributed by atoms with E-state index in [9.17, 15) is 9.59 Å². The lowest BCUT2D eigenvalue weighted by atomic mass is 10.2. The van der Waals surface area contributed by atoms with Gasteiger partial charge in [-0.2, -0.15) is 0 Å². The fourth-order valence-corrected chi connectivity index (χ4v) is 2.43. The zero-order valence-electron chi connectivity index (χ0n) is 16.0. The van der Waals surface area contributed by atoms with Crippen LogP contribution in [0, 0.1) is 0 Å². The molecule has 0 aliphatic heterocycles. The van der Waals surface area contributed by atoms with E-state index in [1.165, 1.54) is 7.11 Å². The van der Waals surface area contributed by atoms with Gasteiger partial charge in [-0.1, -0.05) is 18.2 Å². The summed E-state index contributed by atoms with van der Waals surface area (Å²) in [7, 11) is 4.80. The van der Waals surface area contributed by atoms with E-state index in [1.54, 1.807) is 44.2 Å². The van der Waals surface area contributed by atoms with Crippen molar-refractivity contribution in [2.24, 2.45) is 0 Å². The van der Waals surface area contributed by atoms with Gasteiger partial charge in [-0.15, -0.1) is 0 Å². The standard InChI is InChI=1S/C20H25N3O4/c1-14(23(2)13-19(24)21-15-8-6-5-7-9-15)20(25)22-17-12-16(26-3)10-11-18(17)27-4/h5-12,14H,13H2,1-4H3,(H,21,24)(H,22,25). The van der Waals surface area contributed by atoms with E-state index < -0.39 is 6.04 Å². The average Bonchev–Trinajstić information content (AvgIpc) is 2.67. The van der Waals surface area contributed by atoms with Gasteiger partial charge < -0.3 is 20.1 Å². The number of para-hydroxylation sites is 1. The molecule has 1 unspecified atom stereocenters. The van der Waals surface area contributed by atoms with E-state index in [2.05, 4.69) is 10.6 Å². The van der Waals surface area contributed by atoms with Crippen molar-refractivity contribution < 1.29 is 19.1 Å². The minimum atomic E-state index is -0.526. The molecule has 0 saturated carbocycles. The third-order valence-corrected chi connectivity index (χ3v) is 4.16. The molecule has 2 N–H and O–H groups in total. The van der Waals surface area contributed by atoms with Crippen LogP contribution in [0.25, 0.3) is 0 Å². The maximum atomic E-state index is 12.6. The normalized spacial score (nSPS) is 11.6. The first kappa shape index (κ1) is 20.3. The van der Waals surface area contributed by atoms with E-state index in [0.717, 1.165) is 0 Å². The molecular formula is C20H25N3O4. The van der Waals surface area contributed by atoms with Crippen LogP contribution in [-0.2, 0) is 9.59 Å². The van der Waals surface area contributed by atoms with E-state index in [1.807, 2.05) is 30.3 Å². The van der Waals surface area contributed by atoms with Gasteiger partial charge in [0.05, 0.1) is 32.5 Å². The molecule has 0 aliphatic carbocycles. The number of hydrogen-bond acceptors (Lipinski definition) is 5. The molecule has 0 bridgehead atoms. The molecular weight excluding hydrogens is 346 g/mol. The molecule has 0 heterocycles. The molecule has 0 aliphatic rings. The maximum Gasteiger partial charge on any atom is 0.241 e. The molecule has 144 valence electrons. The lowest BCUT2D eigenvalue weighted by Crippen LogP contribution is -2.43. The molecule has 7 nitrogen and oxygen atoms in total. The minimum Gasteiger partial charge on any atom is -0.497 e. The Hall–Kier alpha value is -3.06. The highest BCUT2D eigenvalue weighted by Crippen LogP contribution is 2.29. The smallest absolute Gasteiger partial charge is 0.241 e. The zero-order valence-corrected chi connectivity index (χ0v) is 16.0. The topological polar surface area (TPSA) is 79.9 Å². The lowest BCUT2D eigenvalue weighted by molar-refractivity contribution is -0.122. The van der Waals surface area contributed by atoms with Crippen molar-refractivity contribution in [3.05, 3.63) is 48.5 Å². The quantitative estimate of drug-likeness (QED) is 0.746. The molecule has 7 heteroatoms. The number of carbonyl (C=O) groups is 2.